The van der Waals surface area contributed by atoms with Gasteiger partial charge in [-0.3, -0.25) is 19.4 Å². The third-order valence-electron chi connectivity index (χ3n) is 5.91. The number of rotatable bonds is 5. The zero-order valence-electron chi connectivity index (χ0n) is 17.4. The first-order valence-corrected chi connectivity index (χ1v) is 10.3. The summed E-state index contributed by atoms with van der Waals surface area (Å²) < 4.78 is 13.0. The van der Waals surface area contributed by atoms with Crippen LogP contribution in [0.3, 0.4) is 0 Å². The zero-order chi connectivity index (χ0) is 22.0. The molecule has 2 aromatic carbocycles. The molecule has 2 aliphatic heterocycles. The SMILES string of the molecule is Cc1ccc(CN2C(=O)NC3(CCN(CC(=O)Nc4ccc(F)cc4)CC3)C2=O)cc1. The number of anilines is 1. The van der Waals surface area contributed by atoms with Crippen molar-refractivity contribution < 1.29 is 18.8 Å². The van der Waals surface area contributed by atoms with Gasteiger partial charge in [-0.05, 0) is 49.6 Å². The molecular formula is C23H25FN4O3. The van der Waals surface area contributed by atoms with E-state index in [9.17, 15) is 18.8 Å². The van der Waals surface area contributed by atoms with Gasteiger partial charge in [0, 0.05) is 18.8 Å². The quantitative estimate of drug-likeness (QED) is 0.723. The Balaban J connectivity index is 1.32. The van der Waals surface area contributed by atoms with E-state index in [4.69, 9.17) is 0 Å². The molecule has 2 heterocycles. The zero-order valence-corrected chi connectivity index (χ0v) is 17.4. The van der Waals surface area contributed by atoms with Crippen LogP contribution < -0.4 is 10.6 Å². The summed E-state index contributed by atoms with van der Waals surface area (Å²) in [5, 5.41) is 5.63. The molecule has 2 saturated heterocycles. The number of likely N-dealkylation sites (tertiary alicyclic amines) is 1. The average molecular weight is 424 g/mol. The van der Waals surface area contributed by atoms with Crippen molar-refractivity contribution in [2.75, 3.05) is 25.0 Å². The number of amides is 4. The Kier molecular flexibility index (Phi) is 5.73. The fraction of sp³-hybridized carbons (Fsp3) is 0.348. The Morgan fingerprint density at radius 2 is 1.71 bits per heavy atom. The first-order valence-electron chi connectivity index (χ1n) is 10.3. The minimum absolute atomic E-state index is 0.169. The lowest BCUT2D eigenvalue weighted by Crippen LogP contribution is -2.55. The Labute approximate surface area is 180 Å². The molecular weight excluding hydrogens is 399 g/mol. The van der Waals surface area contributed by atoms with Crippen molar-refractivity contribution >= 4 is 23.5 Å². The standard InChI is InChI=1S/C23H25FN4O3/c1-16-2-4-17(5-3-16)14-28-21(30)23(26-22(28)31)10-12-27(13-11-23)15-20(29)25-19-8-6-18(24)7-9-19/h2-9H,10-15H2,1H3,(H,25,29)(H,26,31). The Bertz CT molecular complexity index is 983. The van der Waals surface area contributed by atoms with Crippen molar-refractivity contribution in [3.8, 4) is 0 Å². The molecule has 162 valence electrons. The van der Waals surface area contributed by atoms with Gasteiger partial charge in [-0.25, -0.2) is 9.18 Å². The van der Waals surface area contributed by atoms with Crippen LogP contribution in [-0.2, 0) is 16.1 Å². The number of aryl methyl sites for hydroxylation is 1. The predicted octanol–water partition coefficient (Wildman–Crippen LogP) is 2.66. The number of urea groups is 1. The predicted molar refractivity (Wildman–Crippen MR) is 114 cm³/mol. The molecule has 0 aliphatic carbocycles. The highest BCUT2D eigenvalue weighted by atomic mass is 19.1. The van der Waals surface area contributed by atoms with Crippen LogP contribution in [0, 0.1) is 12.7 Å². The number of carbonyl (C=O) groups is 3. The summed E-state index contributed by atoms with van der Waals surface area (Å²) in [7, 11) is 0. The second kappa shape index (κ2) is 8.47. The van der Waals surface area contributed by atoms with Gasteiger partial charge >= 0.3 is 6.03 Å². The number of benzene rings is 2. The van der Waals surface area contributed by atoms with E-state index < -0.39 is 5.54 Å². The second-order valence-corrected chi connectivity index (χ2v) is 8.22. The maximum absolute atomic E-state index is 13.1. The third-order valence-corrected chi connectivity index (χ3v) is 5.91. The molecule has 1 spiro atoms. The van der Waals surface area contributed by atoms with Crippen LogP contribution in [0.25, 0.3) is 0 Å². The van der Waals surface area contributed by atoms with Gasteiger partial charge in [-0.15, -0.1) is 0 Å². The number of imide groups is 1. The first-order chi connectivity index (χ1) is 14.8. The van der Waals surface area contributed by atoms with Gasteiger partial charge in [0.2, 0.25) is 5.91 Å². The smallest absolute Gasteiger partial charge is 0.325 e. The number of carbonyl (C=O) groups excluding carboxylic acids is 3. The fourth-order valence-electron chi connectivity index (χ4n) is 4.06. The molecule has 31 heavy (non-hydrogen) atoms. The molecule has 2 aromatic rings. The highest BCUT2D eigenvalue weighted by Crippen LogP contribution is 2.30. The van der Waals surface area contributed by atoms with E-state index in [0.717, 1.165) is 11.1 Å². The lowest BCUT2D eigenvalue weighted by molar-refractivity contribution is -0.133. The summed E-state index contributed by atoms with van der Waals surface area (Å²) in [4.78, 5) is 41.1. The molecule has 2 aliphatic rings. The van der Waals surface area contributed by atoms with Crippen molar-refractivity contribution in [1.82, 2.24) is 15.1 Å². The first kappa shape index (κ1) is 21.0. The van der Waals surface area contributed by atoms with Crippen LogP contribution in [0.15, 0.2) is 48.5 Å². The van der Waals surface area contributed by atoms with Crippen LogP contribution in [-0.4, -0.2) is 52.8 Å². The number of piperidine rings is 1. The van der Waals surface area contributed by atoms with Crippen LogP contribution in [0.5, 0.6) is 0 Å². The average Bonchev–Trinajstić information content (AvgIpc) is 2.97. The van der Waals surface area contributed by atoms with Crippen LogP contribution in [0.2, 0.25) is 0 Å². The molecule has 8 heteroatoms. The number of nitrogens with zero attached hydrogens (tertiary/aromatic N) is 2. The minimum atomic E-state index is -0.897. The third kappa shape index (κ3) is 4.59. The largest absolute Gasteiger partial charge is 0.325 e. The van der Waals surface area contributed by atoms with Crippen molar-refractivity contribution in [3.63, 3.8) is 0 Å². The van der Waals surface area contributed by atoms with Gasteiger partial charge in [0.15, 0.2) is 0 Å². The van der Waals surface area contributed by atoms with Crippen molar-refractivity contribution in [2.24, 2.45) is 0 Å². The van der Waals surface area contributed by atoms with Gasteiger partial charge in [-0.1, -0.05) is 29.8 Å². The maximum Gasteiger partial charge on any atom is 0.325 e. The molecule has 2 fully saturated rings. The monoisotopic (exact) mass is 424 g/mol. The van der Waals surface area contributed by atoms with Gasteiger partial charge in [0.05, 0.1) is 13.1 Å². The topological polar surface area (TPSA) is 81.8 Å². The summed E-state index contributed by atoms with van der Waals surface area (Å²) in [5.74, 6) is -0.766. The van der Waals surface area contributed by atoms with E-state index in [-0.39, 0.29) is 36.8 Å². The highest BCUT2D eigenvalue weighted by Gasteiger charge is 2.52. The van der Waals surface area contributed by atoms with Gasteiger partial charge in [0.1, 0.15) is 11.4 Å². The van der Waals surface area contributed by atoms with Crippen molar-refractivity contribution in [3.05, 3.63) is 65.5 Å². The van der Waals surface area contributed by atoms with Crippen molar-refractivity contribution in [1.29, 1.82) is 0 Å². The molecule has 0 bridgehead atoms. The summed E-state index contributed by atoms with van der Waals surface area (Å²) in [6, 6.07) is 13.0. The van der Waals surface area contributed by atoms with Gasteiger partial charge in [-0.2, -0.15) is 0 Å². The van der Waals surface area contributed by atoms with E-state index in [1.165, 1.54) is 29.2 Å². The molecule has 2 N–H and O–H groups in total. The van der Waals surface area contributed by atoms with E-state index in [2.05, 4.69) is 10.6 Å². The molecule has 0 unspecified atom stereocenters. The number of hydrogen-bond donors (Lipinski definition) is 2. The Hall–Kier alpha value is -3.26. The second-order valence-electron chi connectivity index (χ2n) is 8.22. The lowest BCUT2D eigenvalue weighted by atomic mass is 9.87. The molecule has 0 radical (unpaired) electrons. The number of nitrogens with one attached hydrogen (secondary N) is 2. The van der Waals surface area contributed by atoms with Crippen LogP contribution in [0.4, 0.5) is 14.9 Å². The number of halogens is 1. The van der Waals surface area contributed by atoms with E-state index in [1.54, 1.807) is 0 Å². The van der Waals surface area contributed by atoms with Crippen LogP contribution >= 0.6 is 0 Å². The van der Waals surface area contributed by atoms with Crippen LogP contribution in [0.1, 0.15) is 24.0 Å². The van der Waals surface area contributed by atoms with E-state index in [1.807, 2.05) is 36.1 Å². The fourth-order valence-corrected chi connectivity index (χ4v) is 4.06. The maximum atomic E-state index is 13.1. The summed E-state index contributed by atoms with van der Waals surface area (Å²) in [6.07, 6.45) is 0.900. The lowest BCUT2D eigenvalue weighted by Gasteiger charge is -2.36. The van der Waals surface area contributed by atoms with Gasteiger partial charge < -0.3 is 10.6 Å². The normalized spacial score (nSPS) is 18.3. The highest BCUT2D eigenvalue weighted by molar-refractivity contribution is 6.07. The Morgan fingerprint density at radius 1 is 1.06 bits per heavy atom. The van der Waals surface area contributed by atoms with E-state index in [0.29, 0.717) is 31.6 Å². The molecule has 0 aromatic heterocycles. The summed E-state index contributed by atoms with van der Waals surface area (Å²) >= 11 is 0. The molecule has 7 nitrogen and oxygen atoms in total. The van der Waals surface area contributed by atoms with Crippen molar-refractivity contribution in [2.45, 2.75) is 31.8 Å². The molecule has 4 amide bonds. The molecule has 0 atom stereocenters. The Morgan fingerprint density at radius 3 is 2.35 bits per heavy atom. The summed E-state index contributed by atoms with van der Waals surface area (Å²) in [5.41, 5.74) is 1.66. The van der Waals surface area contributed by atoms with E-state index >= 15 is 0 Å². The molecule has 4 rings (SSSR count). The molecule has 0 saturated carbocycles. The number of hydrogen-bond acceptors (Lipinski definition) is 4. The van der Waals surface area contributed by atoms with Gasteiger partial charge in [0.25, 0.3) is 5.91 Å². The summed E-state index contributed by atoms with van der Waals surface area (Å²) in [6.45, 7) is 3.43. The minimum Gasteiger partial charge on any atom is -0.325 e.